The molecule has 2 saturated carbocycles. The van der Waals surface area contributed by atoms with Crippen LogP contribution in [0.2, 0.25) is 0 Å². The highest BCUT2D eigenvalue weighted by atomic mass is 16.7. The summed E-state index contributed by atoms with van der Waals surface area (Å²) in [5.41, 5.74) is 3.34. The second-order valence-electron chi connectivity index (χ2n) is 11.5. The van der Waals surface area contributed by atoms with E-state index >= 15 is 0 Å². The van der Waals surface area contributed by atoms with Gasteiger partial charge in [0.15, 0.2) is 29.0 Å². The molecule has 1 spiro atoms. The van der Waals surface area contributed by atoms with Gasteiger partial charge in [-0.1, -0.05) is 6.07 Å². The highest BCUT2D eigenvalue weighted by molar-refractivity contribution is 5.90. The molecule has 0 amide bonds. The molecule has 3 fully saturated rings. The van der Waals surface area contributed by atoms with Crippen LogP contribution in [0.25, 0.3) is 0 Å². The van der Waals surface area contributed by atoms with E-state index in [0.29, 0.717) is 37.2 Å². The smallest absolute Gasteiger partial charge is 0.303 e. The van der Waals surface area contributed by atoms with Crippen molar-refractivity contribution in [2.45, 2.75) is 80.6 Å². The Morgan fingerprint density at radius 1 is 1.37 bits per heavy atom. The fourth-order valence-corrected chi connectivity index (χ4v) is 7.73. The molecule has 1 saturated heterocycles. The molecule has 9 nitrogen and oxygen atoms in total. The summed E-state index contributed by atoms with van der Waals surface area (Å²) in [6, 6.07) is 2.87. The average molecular weight is 486 g/mol. The third kappa shape index (κ3) is 3.14. The molecule has 188 valence electrons. The molecule has 0 unspecified atom stereocenters. The van der Waals surface area contributed by atoms with Gasteiger partial charge in [-0.3, -0.25) is 14.4 Å². The van der Waals surface area contributed by atoms with Crippen LogP contribution in [0.5, 0.6) is 11.5 Å². The summed E-state index contributed by atoms with van der Waals surface area (Å²) in [6.07, 6.45) is 4.56. The van der Waals surface area contributed by atoms with Crippen molar-refractivity contribution in [1.29, 1.82) is 0 Å². The van der Waals surface area contributed by atoms with Crippen molar-refractivity contribution in [2.24, 2.45) is 5.92 Å². The third-order valence-corrected chi connectivity index (χ3v) is 9.46. The minimum absolute atomic E-state index is 0.0162. The molecule has 3 aliphatic carbocycles. The highest BCUT2D eigenvalue weighted by Gasteiger charge is 2.78. The molecular weight excluding hydrogens is 452 g/mol. The van der Waals surface area contributed by atoms with E-state index in [1.54, 1.807) is 6.07 Å². The number of phenolic OH excluding ortho intramolecular Hbond substituents is 1. The zero-order chi connectivity index (χ0) is 24.6. The molecular formula is C26H33N2O7+. The third-order valence-electron chi connectivity index (χ3n) is 9.46. The summed E-state index contributed by atoms with van der Waals surface area (Å²) in [5.74, 6) is 0.164. The van der Waals surface area contributed by atoms with Gasteiger partial charge in [0.25, 0.3) is 0 Å². The molecule has 35 heavy (non-hydrogen) atoms. The van der Waals surface area contributed by atoms with E-state index in [1.807, 2.05) is 6.07 Å². The number of phenols is 1. The number of rotatable bonds is 9. The van der Waals surface area contributed by atoms with Crippen LogP contribution in [-0.4, -0.2) is 76.7 Å². The van der Waals surface area contributed by atoms with Crippen LogP contribution in [0.3, 0.4) is 0 Å². The van der Waals surface area contributed by atoms with Crippen LogP contribution in [-0.2, 0) is 31.1 Å². The number of carboxylic acid groups (broad SMARTS) is 1. The number of nitrogens with zero attached hydrogens (tertiary/aromatic N) is 1. The lowest BCUT2D eigenvalue weighted by atomic mass is 9.48. The monoisotopic (exact) mass is 485 g/mol. The van der Waals surface area contributed by atoms with E-state index < -0.39 is 29.1 Å². The second kappa shape index (κ2) is 7.75. The number of likely N-dealkylation sites (N-methyl/N-ethyl adjacent to an activating group) is 1. The molecule has 1 aromatic rings. The van der Waals surface area contributed by atoms with Crippen LogP contribution in [0, 0.1) is 5.92 Å². The predicted octanol–water partition coefficient (Wildman–Crippen LogP) is 1.63. The number of quaternary nitrogens is 1. The summed E-state index contributed by atoms with van der Waals surface area (Å²) in [7, 11) is 2.29. The van der Waals surface area contributed by atoms with E-state index in [0.717, 1.165) is 35.1 Å². The van der Waals surface area contributed by atoms with Gasteiger partial charge in [-0.25, -0.2) is 0 Å². The van der Waals surface area contributed by atoms with Crippen molar-refractivity contribution in [3.8, 4) is 11.5 Å². The molecule has 0 aromatic heterocycles. The quantitative estimate of drug-likeness (QED) is 0.274. The second-order valence-corrected chi connectivity index (χ2v) is 11.5. The number of likely N-dealkylation sites (tertiary alicyclic amines) is 1. The van der Waals surface area contributed by atoms with Gasteiger partial charge in [0, 0.05) is 37.2 Å². The first-order chi connectivity index (χ1) is 16.7. The Bertz CT molecular complexity index is 1100. The Morgan fingerprint density at radius 2 is 2.17 bits per heavy atom. The summed E-state index contributed by atoms with van der Waals surface area (Å²) < 4.78 is 7.08. The number of carboxylic acids is 1. The van der Waals surface area contributed by atoms with Gasteiger partial charge in [-0.05, 0) is 37.3 Å². The number of hydroxylamine groups is 1. The largest absolute Gasteiger partial charge is 0.504 e. The lowest BCUT2D eigenvalue weighted by molar-refractivity contribution is -0.951. The number of nitrogens with one attached hydrogen (secondary N) is 1. The summed E-state index contributed by atoms with van der Waals surface area (Å²) in [6.45, 7) is 1.92. The molecule has 6 rings (SSSR count). The fourth-order valence-electron chi connectivity index (χ4n) is 7.73. The summed E-state index contributed by atoms with van der Waals surface area (Å²) in [4.78, 5) is 42.8. The lowest BCUT2D eigenvalue weighted by Crippen LogP contribution is -2.82. The molecule has 3 N–H and O–H groups in total. The van der Waals surface area contributed by atoms with Crippen LogP contribution in [0.15, 0.2) is 12.1 Å². The first-order valence-electron chi connectivity index (χ1n) is 12.7. The van der Waals surface area contributed by atoms with Crippen molar-refractivity contribution < 1.29 is 38.7 Å². The van der Waals surface area contributed by atoms with Gasteiger partial charge >= 0.3 is 5.97 Å². The van der Waals surface area contributed by atoms with E-state index in [1.165, 1.54) is 12.8 Å². The Balaban J connectivity index is 1.47. The number of aromatic hydroxyl groups is 1. The molecule has 2 aliphatic heterocycles. The lowest BCUT2D eigenvalue weighted by Gasteiger charge is -2.65. The summed E-state index contributed by atoms with van der Waals surface area (Å²) in [5, 5.41) is 19.8. The number of benzene rings is 1. The van der Waals surface area contributed by atoms with Gasteiger partial charge in [0.2, 0.25) is 0 Å². The number of hydrogen-bond donors (Lipinski definition) is 3. The zero-order valence-electron chi connectivity index (χ0n) is 20.0. The minimum Gasteiger partial charge on any atom is -0.504 e. The van der Waals surface area contributed by atoms with Crippen LogP contribution in [0.1, 0.15) is 56.1 Å². The van der Waals surface area contributed by atoms with Gasteiger partial charge in [-0.2, -0.15) is 5.48 Å². The number of piperidine rings is 1. The summed E-state index contributed by atoms with van der Waals surface area (Å²) >= 11 is 0. The maximum absolute atomic E-state index is 13.3. The number of carbonyl (C=O) groups excluding carboxylic acids is 2. The molecule has 9 heteroatoms. The normalized spacial score (nSPS) is 37.3. The van der Waals surface area contributed by atoms with Crippen molar-refractivity contribution in [3.05, 3.63) is 23.3 Å². The topological polar surface area (TPSA) is 122 Å². The van der Waals surface area contributed by atoms with Gasteiger partial charge < -0.3 is 24.2 Å². The Hall–Kier alpha value is -2.49. The molecule has 2 bridgehead atoms. The van der Waals surface area contributed by atoms with E-state index in [-0.39, 0.29) is 30.4 Å². The maximum Gasteiger partial charge on any atom is 0.303 e. The maximum atomic E-state index is 13.3. The zero-order valence-corrected chi connectivity index (χ0v) is 20.0. The Labute approximate surface area is 203 Å². The van der Waals surface area contributed by atoms with Crippen molar-refractivity contribution in [2.75, 3.05) is 20.1 Å². The molecule has 2 heterocycles. The molecule has 0 radical (unpaired) electrons. The highest BCUT2D eigenvalue weighted by Crippen LogP contribution is 2.67. The number of aliphatic carboxylic acids is 1. The number of Topliss-reactive ketones (excluding diaryl/α,β-unsaturated/α-hetero) is 1. The molecule has 6 atom stereocenters. The first kappa shape index (κ1) is 22.9. The Morgan fingerprint density at radius 3 is 2.89 bits per heavy atom. The minimum atomic E-state index is -0.972. The molecule has 5 aliphatic rings. The number of hydrogen-bond acceptors (Lipinski definition) is 7. The molecule has 1 aromatic carbocycles. The fraction of sp³-hybridized carbons (Fsp3) is 0.654. The van der Waals surface area contributed by atoms with Crippen LogP contribution in [0.4, 0.5) is 0 Å². The number of ketones is 1. The van der Waals surface area contributed by atoms with Crippen molar-refractivity contribution >= 4 is 18.0 Å². The SMILES string of the molecule is C[N@+]1(CC2CC2)CC[C@]23c4c5ccc(O)c4O[C@H]2C(=O)CC[C@@]3(ON[C@H](C=O)CCC(=O)O)[C@H]1C5. The van der Waals surface area contributed by atoms with Gasteiger partial charge in [0.1, 0.15) is 12.3 Å². The average Bonchev–Trinajstić information content (AvgIpc) is 3.55. The number of carbonyl (C=O) groups is 3. The predicted molar refractivity (Wildman–Crippen MR) is 123 cm³/mol. The van der Waals surface area contributed by atoms with E-state index in [4.69, 9.17) is 14.7 Å². The standard InChI is InChI=1S/C26H32N2O7/c1-28(13-15-2-3-15)11-10-25-22-16-4-6-18(30)23(22)34-24(25)19(31)8-9-26(25,20(28)12-16)35-27-17(14-29)5-7-21(32)33/h4,6,14-15,17,20,24,27H,2-3,5,7-13H2,1H3,(H-,30,32,33)/p+1/t17-,20+,24-,25-,26+,28+/m0/s1. The van der Waals surface area contributed by atoms with Crippen LogP contribution >= 0.6 is 0 Å². The number of aldehydes is 1. The first-order valence-corrected chi connectivity index (χ1v) is 12.7. The van der Waals surface area contributed by atoms with Crippen LogP contribution < -0.4 is 10.2 Å². The van der Waals surface area contributed by atoms with Crippen molar-refractivity contribution in [3.63, 3.8) is 0 Å². The van der Waals surface area contributed by atoms with Gasteiger partial charge in [-0.15, -0.1) is 0 Å². The van der Waals surface area contributed by atoms with Gasteiger partial charge in [0.05, 0.1) is 31.6 Å². The Kier molecular flexibility index (Phi) is 5.08. The number of ether oxygens (including phenoxy) is 1. The van der Waals surface area contributed by atoms with Crippen molar-refractivity contribution in [1.82, 2.24) is 5.48 Å². The van der Waals surface area contributed by atoms with E-state index in [2.05, 4.69) is 12.5 Å². The van der Waals surface area contributed by atoms with E-state index in [9.17, 15) is 19.5 Å².